The summed E-state index contributed by atoms with van der Waals surface area (Å²) in [4.78, 5) is 28.2. The molecule has 0 saturated carbocycles. The highest BCUT2D eigenvalue weighted by molar-refractivity contribution is 6.30. The minimum absolute atomic E-state index is 0.108. The van der Waals surface area contributed by atoms with Gasteiger partial charge in [-0.25, -0.2) is 4.98 Å². The van der Waals surface area contributed by atoms with Crippen molar-refractivity contribution in [3.63, 3.8) is 0 Å². The Bertz CT molecular complexity index is 923. The van der Waals surface area contributed by atoms with Crippen molar-refractivity contribution in [2.24, 2.45) is 0 Å². The van der Waals surface area contributed by atoms with Crippen molar-refractivity contribution in [2.75, 3.05) is 6.54 Å². The summed E-state index contributed by atoms with van der Waals surface area (Å²) in [6.07, 6.45) is 5.31. The molecular weight excluding hydrogens is 364 g/mol. The monoisotopic (exact) mass is 382 g/mol. The lowest BCUT2D eigenvalue weighted by atomic mass is 10.1. The summed E-state index contributed by atoms with van der Waals surface area (Å²) in [5.41, 5.74) is 2.37. The Labute approximate surface area is 162 Å². The molecule has 0 fully saturated rings. The van der Waals surface area contributed by atoms with Gasteiger partial charge in [-0.3, -0.25) is 9.59 Å². The Balaban J connectivity index is 1.52. The van der Waals surface area contributed by atoms with E-state index in [0.29, 0.717) is 10.6 Å². The number of nitrogens with zero attached hydrogens (tertiary/aromatic N) is 2. The molecule has 2 N–H and O–H groups in total. The van der Waals surface area contributed by atoms with Gasteiger partial charge in [0.1, 0.15) is 0 Å². The summed E-state index contributed by atoms with van der Waals surface area (Å²) in [5.74, 6) is -0.610. The minimum Gasteiger partial charge on any atom is -0.348 e. The third-order valence-electron chi connectivity index (χ3n) is 4.07. The van der Waals surface area contributed by atoms with Crippen LogP contribution in [0.15, 0.2) is 67.3 Å². The van der Waals surface area contributed by atoms with E-state index < -0.39 is 0 Å². The highest BCUT2D eigenvalue weighted by atomic mass is 35.5. The zero-order valence-corrected chi connectivity index (χ0v) is 15.5. The molecule has 2 aromatic carbocycles. The number of carbonyl (C=O) groups excluding carboxylic acids is 2. The van der Waals surface area contributed by atoms with Crippen molar-refractivity contribution in [3.05, 3.63) is 83.4 Å². The molecule has 138 valence electrons. The Kier molecular flexibility index (Phi) is 5.88. The molecule has 0 bridgehead atoms. The molecule has 2 amide bonds. The number of amides is 2. The third-order valence-corrected chi connectivity index (χ3v) is 4.30. The topological polar surface area (TPSA) is 76.0 Å². The number of nitrogens with one attached hydrogen (secondary N) is 2. The molecule has 7 heteroatoms. The highest BCUT2D eigenvalue weighted by Gasteiger charge is 2.12. The third kappa shape index (κ3) is 4.95. The van der Waals surface area contributed by atoms with Crippen LogP contribution in [0.4, 0.5) is 0 Å². The summed E-state index contributed by atoms with van der Waals surface area (Å²) < 4.78 is 1.90. The van der Waals surface area contributed by atoms with E-state index in [9.17, 15) is 9.59 Å². The molecule has 0 aliphatic heterocycles. The predicted molar refractivity (Wildman–Crippen MR) is 104 cm³/mol. The number of benzene rings is 2. The first-order valence-electron chi connectivity index (χ1n) is 8.44. The van der Waals surface area contributed by atoms with Crippen LogP contribution < -0.4 is 10.6 Å². The number of hydrogen-bond donors (Lipinski definition) is 2. The van der Waals surface area contributed by atoms with Crippen LogP contribution in [0.2, 0.25) is 5.02 Å². The standard InChI is InChI=1S/C20H19ClN4O2/c1-14(15-5-7-18(8-6-15)25-10-9-22-13-25)24-19(26)12-23-20(27)16-3-2-4-17(21)11-16/h2-11,13-14H,12H2,1H3,(H,23,27)(H,24,26)/t14-/m1/s1. The fourth-order valence-corrected chi connectivity index (χ4v) is 2.81. The van der Waals surface area contributed by atoms with Gasteiger partial charge >= 0.3 is 0 Å². The summed E-state index contributed by atoms with van der Waals surface area (Å²) >= 11 is 5.87. The van der Waals surface area contributed by atoms with Crippen molar-refractivity contribution in [1.82, 2.24) is 20.2 Å². The maximum Gasteiger partial charge on any atom is 0.251 e. The average molecular weight is 383 g/mol. The van der Waals surface area contributed by atoms with Gasteiger partial charge in [0, 0.05) is 28.7 Å². The van der Waals surface area contributed by atoms with Gasteiger partial charge in [0.15, 0.2) is 0 Å². The second-order valence-corrected chi connectivity index (χ2v) is 6.48. The van der Waals surface area contributed by atoms with Crippen molar-refractivity contribution in [3.8, 4) is 5.69 Å². The zero-order chi connectivity index (χ0) is 19.2. The first kappa shape index (κ1) is 18.7. The van der Waals surface area contributed by atoms with Crippen molar-refractivity contribution in [2.45, 2.75) is 13.0 Å². The van der Waals surface area contributed by atoms with Gasteiger partial charge in [0.2, 0.25) is 5.91 Å². The molecule has 3 rings (SSSR count). The lowest BCUT2D eigenvalue weighted by Crippen LogP contribution is -2.38. The number of carbonyl (C=O) groups is 2. The summed E-state index contributed by atoms with van der Waals surface area (Å²) in [5, 5.41) is 5.93. The SMILES string of the molecule is C[C@@H](NC(=O)CNC(=O)c1cccc(Cl)c1)c1ccc(-n2ccnc2)cc1. The average Bonchev–Trinajstić information content (AvgIpc) is 3.21. The number of aromatic nitrogens is 2. The first-order chi connectivity index (χ1) is 13.0. The maximum absolute atomic E-state index is 12.1. The Hall–Kier alpha value is -3.12. The van der Waals surface area contributed by atoms with Crippen LogP contribution in [0.3, 0.4) is 0 Å². The fraction of sp³-hybridized carbons (Fsp3) is 0.150. The molecule has 1 aromatic heterocycles. The molecule has 0 radical (unpaired) electrons. The van der Waals surface area contributed by atoms with Crippen LogP contribution in [-0.2, 0) is 4.79 Å². The summed E-state index contributed by atoms with van der Waals surface area (Å²) in [7, 11) is 0. The van der Waals surface area contributed by atoms with Crippen molar-refractivity contribution < 1.29 is 9.59 Å². The minimum atomic E-state index is -0.343. The number of rotatable bonds is 6. The highest BCUT2D eigenvalue weighted by Crippen LogP contribution is 2.15. The number of imidazole rings is 1. The van der Waals surface area contributed by atoms with Gasteiger partial charge in [-0.05, 0) is 42.8 Å². The van der Waals surface area contributed by atoms with Crippen LogP contribution in [0.5, 0.6) is 0 Å². The zero-order valence-electron chi connectivity index (χ0n) is 14.7. The number of halogens is 1. The fourth-order valence-electron chi connectivity index (χ4n) is 2.62. The van der Waals surface area contributed by atoms with E-state index in [4.69, 9.17) is 11.6 Å². The van der Waals surface area contributed by atoms with Gasteiger partial charge < -0.3 is 15.2 Å². The van der Waals surface area contributed by atoms with Crippen LogP contribution in [0, 0.1) is 0 Å². The molecule has 0 unspecified atom stereocenters. The van der Waals surface area contributed by atoms with Gasteiger partial charge in [-0.1, -0.05) is 29.8 Å². The van der Waals surface area contributed by atoms with Gasteiger partial charge in [0.05, 0.1) is 18.9 Å². The van der Waals surface area contributed by atoms with Crippen LogP contribution >= 0.6 is 11.6 Å². The van der Waals surface area contributed by atoms with E-state index in [2.05, 4.69) is 15.6 Å². The summed E-state index contributed by atoms with van der Waals surface area (Å²) in [6.45, 7) is 1.78. The van der Waals surface area contributed by atoms with E-state index in [1.54, 1.807) is 36.8 Å². The lowest BCUT2D eigenvalue weighted by molar-refractivity contribution is -0.120. The Morgan fingerprint density at radius 1 is 1.19 bits per heavy atom. The van der Waals surface area contributed by atoms with Gasteiger partial charge in [-0.15, -0.1) is 0 Å². The first-order valence-corrected chi connectivity index (χ1v) is 8.82. The van der Waals surface area contributed by atoms with Crippen molar-refractivity contribution in [1.29, 1.82) is 0 Å². The van der Waals surface area contributed by atoms with E-state index in [0.717, 1.165) is 11.3 Å². The molecule has 6 nitrogen and oxygen atoms in total. The quantitative estimate of drug-likeness (QED) is 0.687. The molecule has 0 aliphatic rings. The van der Waals surface area contributed by atoms with E-state index in [-0.39, 0.29) is 24.4 Å². The largest absolute Gasteiger partial charge is 0.348 e. The van der Waals surface area contributed by atoms with E-state index >= 15 is 0 Å². The number of hydrogen-bond acceptors (Lipinski definition) is 3. The molecule has 3 aromatic rings. The van der Waals surface area contributed by atoms with Crippen LogP contribution in [0.25, 0.3) is 5.69 Å². The molecule has 0 saturated heterocycles. The molecule has 27 heavy (non-hydrogen) atoms. The molecule has 1 atom stereocenters. The maximum atomic E-state index is 12.1. The van der Waals surface area contributed by atoms with E-state index in [1.807, 2.05) is 42.0 Å². The second kappa shape index (κ2) is 8.51. The Morgan fingerprint density at radius 2 is 1.96 bits per heavy atom. The molecule has 1 heterocycles. The van der Waals surface area contributed by atoms with Crippen LogP contribution in [0.1, 0.15) is 28.9 Å². The molecular formula is C20H19ClN4O2. The predicted octanol–water partition coefficient (Wildman–Crippen LogP) is 3.13. The second-order valence-electron chi connectivity index (χ2n) is 6.04. The normalized spacial score (nSPS) is 11.6. The Morgan fingerprint density at radius 3 is 2.63 bits per heavy atom. The lowest BCUT2D eigenvalue weighted by Gasteiger charge is -2.15. The smallest absolute Gasteiger partial charge is 0.251 e. The van der Waals surface area contributed by atoms with Crippen LogP contribution in [-0.4, -0.2) is 27.9 Å². The van der Waals surface area contributed by atoms with Crippen molar-refractivity contribution >= 4 is 23.4 Å². The molecule has 0 aliphatic carbocycles. The molecule has 0 spiro atoms. The van der Waals surface area contributed by atoms with E-state index in [1.165, 1.54) is 0 Å². The van der Waals surface area contributed by atoms with Gasteiger partial charge in [0.25, 0.3) is 5.91 Å². The van der Waals surface area contributed by atoms with Gasteiger partial charge in [-0.2, -0.15) is 0 Å². The summed E-state index contributed by atoms with van der Waals surface area (Å²) in [6, 6.07) is 14.2.